The third-order valence-electron chi connectivity index (χ3n) is 3.00. The average Bonchev–Trinajstić information content (AvgIpc) is 3.09. The minimum Gasteiger partial charge on any atom is -0.380 e. The number of rotatable bonds is 7. The lowest BCUT2D eigenvalue weighted by atomic mass is 10.3. The molecular formula is C15H23IN6O. The Kier molecular flexibility index (Phi) is 9.22. The zero-order chi connectivity index (χ0) is 15.6. The van der Waals surface area contributed by atoms with Gasteiger partial charge in [0.1, 0.15) is 12.1 Å². The first-order chi connectivity index (χ1) is 10.8. The van der Waals surface area contributed by atoms with E-state index >= 15 is 0 Å². The van der Waals surface area contributed by atoms with Crippen LogP contribution < -0.4 is 10.6 Å². The van der Waals surface area contributed by atoms with Crippen LogP contribution in [-0.4, -0.2) is 47.3 Å². The number of nitrogens with zero attached hydrogens (tertiary/aromatic N) is 4. The Morgan fingerprint density at radius 2 is 2.22 bits per heavy atom. The molecular weight excluding hydrogens is 407 g/mol. The summed E-state index contributed by atoms with van der Waals surface area (Å²) in [6.07, 6.45) is 7.17. The fourth-order valence-electron chi connectivity index (χ4n) is 1.86. The Labute approximate surface area is 153 Å². The summed E-state index contributed by atoms with van der Waals surface area (Å²) in [5.74, 6) is 1.60. The number of nitrogens with one attached hydrogen (secondary N) is 2. The third kappa shape index (κ3) is 6.53. The van der Waals surface area contributed by atoms with E-state index in [2.05, 4.69) is 25.6 Å². The SMILES string of the molecule is CCOCCNC(=NC)NCc1ccc(-n2ccnc2)nc1.I. The smallest absolute Gasteiger partial charge is 0.191 e. The minimum atomic E-state index is 0. The van der Waals surface area contributed by atoms with Gasteiger partial charge in [0.15, 0.2) is 5.96 Å². The highest BCUT2D eigenvalue weighted by Gasteiger charge is 2.00. The highest BCUT2D eigenvalue weighted by atomic mass is 127. The number of hydrogen-bond acceptors (Lipinski definition) is 4. The summed E-state index contributed by atoms with van der Waals surface area (Å²) in [6, 6.07) is 3.99. The molecule has 2 heterocycles. The van der Waals surface area contributed by atoms with Crippen LogP contribution in [0.25, 0.3) is 5.82 Å². The van der Waals surface area contributed by atoms with Gasteiger partial charge in [-0.05, 0) is 18.6 Å². The van der Waals surface area contributed by atoms with Gasteiger partial charge >= 0.3 is 0 Å². The summed E-state index contributed by atoms with van der Waals surface area (Å²) in [5, 5.41) is 6.43. The van der Waals surface area contributed by atoms with E-state index in [1.165, 1.54) is 0 Å². The molecule has 0 fully saturated rings. The number of aromatic nitrogens is 3. The van der Waals surface area contributed by atoms with Crippen molar-refractivity contribution in [1.82, 2.24) is 25.2 Å². The van der Waals surface area contributed by atoms with Gasteiger partial charge in [0.2, 0.25) is 0 Å². The van der Waals surface area contributed by atoms with Gasteiger partial charge in [-0.2, -0.15) is 0 Å². The quantitative estimate of drug-likeness (QED) is 0.302. The van der Waals surface area contributed by atoms with Crippen molar-refractivity contribution in [2.24, 2.45) is 4.99 Å². The number of hydrogen-bond donors (Lipinski definition) is 2. The molecule has 0 bridgehead atoms. The monoisotopic (exact) mass is 430 g/mol. The zero-order valence-electron chi connectivity index (χ0n) is 13.4. The van der Waals surface area contributed by atoms with Gasteiger partial charge in [0.25, 0.3) is 0 Å². The lowest BCUT2D eigenvalue weighted by Gasteiger charge is -2.12. The number of aliphatic imine (C=N–C) groups is 1. The van der Waals surface area contributed by atoms with Gasteiger partial charge in [-0.15, -0.1) is 24.0 Å². The van der Waals surface area contributed by atoms with Crippen molar-refractivity contribution in [3.05, 3.63) is 42.6 Å². The Morgan fingerprint density at radius 1 is 1.35 bits per heavy atom. The van der Waals surface area contributed by atoms with Crippen LogP contribution in [0.1, 0.15) is 12.5 Å². The molecule has 0 radical (unpaired) electrons. The van der Waals surface area contributed by atoms with E-state index in [4.69, 9.17) is 4.74 Å². The van der Waals surface area contributed by atoms with Crippen LogP contribution in [0.3, 0.4) is 0 Å². The van der Waals surface area contributed by atoms with Gasteiger partial charge in [0, 0.05) is 45.3 Å². The van der Waals surface area contributed by atoms with Crippen molar-refractivity contribution in [2.75, 3.05) is 26.8 Å². The summed E-state index contributed by atoms with van der Waals surface area (Å²) < 4.78 is 7.14. The average molecular weight is 430 g/mol. The fourth-order valence-corrected chi connectivity index (χ4v) is 1.86. The lowest BCUT2D eigenvalue weighted by Crippen LogP contribution is -2.38. The van der Waals surface area contributed by atoms with E-state index in [9.17, 15) is 0 Å². The van der Waals surface area contributed by atoms with Crippen LogP contribution in [0.4, 0.5) is 0 Å². The molecule has 2 N–H and O–H groups in total. The van der Waals surface area contributed by atoms with Crippen molar-refractivity contribution in [2.45, 2.75) is 13.5 Å². The Morgan fingerprint density at radius 3 is 2.83 bits per heavy atom. The number of ether oxygens (including phenoxy) is 1. The molecule has 2 aromatic rings. The van der Waals surface area contributed by atoms with Crippen molar-refractivity contribution in [3.8, 4) is 5.82 Å². The number of pyridine rings is 1. The molecule has 0 unspecified atom stereocenters. The molecule has 2 rings (SSSR count). The van der Waals surface area contributed by atoms with E-state index in [-0.39, 0.29) is 24.0 Å². The third-order valence-corrected chi connectivity index (χ3v) is 3.00. The van der Waals surface area contributed by atoms with Crippen LogP contribution in [0.15, 0.2) is 42.0 Å². The van der Waals surface area contributed by atoms with Gasteiger partial charge in [-0.1, -0.05) is 6.07 Å². The molecule has 0 spiro atoms. The molecule has 2 aromatic heterocycles. The van der Waals surface area contributed by atoms with Crippen LogP contribution in [0.2, 0.25) is 0 Å². The molecule has 0 amide bonds. The molecule has 23 heavy (non-hydrogen) atoms. The number of imidazole rings is 1. The maximum Gasteiger partial charge on any atom is 0.191 e. The van der Waals surface area contributed by atoms with Crippen LogP contribution >= 0.6 is 24.0 Å². The van der Waals surface area contributed by atoms with Gasteiger partial charge < -0.3 is 15.4 Å². The summed E-state index contributed by atoms with van der Waals surface area (Å²) in [4.78, 5) is 12.6. The van der Waals surface area contributed by atoms with Crippen LogP contribution in [-0.2, 0) is 11.3 Å². The first-order valence-electron chi connectivity index (χ1n) is 7.29. The molecule has 0 saturated heterocycles. The molecule has 0 aromatic carbocycles. The van der Waals surface area contributed by atoms with Crippen LogP contribution in [0.5, 0.6) is 0 Å². The molecule has 0 aliphatic rings. The second kappa shape index (κ2) is 10.9. The van der Waals surface area contributed by atoms with Crippen LogP contribution in [0, 0.1) is 0 Å². The molecule has 0 aliphatic heterocycles. The molecule has 0 aliphatic carbocycles. The summed E-state index contributed by atoms with van der Waals surface area (Å²) in [6.45, 7) is 4.76. The van der Waals surface area contributed by atoms with E-state index in [0.717, 1.165) is 30.5 Å². The topological polar surface area (TPSA) is 76.4 Å². The largest absolute Gasteiger partial charge is 0.380 e. The van der Waals surface area contributed by atoms with Gasteiger partial charge in [-0.25, -0.2) is 9.97 Å². The van der Waals surface area contributed by atoms with E-state index in [0.29, 0.717) is 13.2 Å². The predicted octanol–water partition coefficient (Wildman–Crippen LogP) is 1.59. The van der Waals surface area contributed by atoms with Gasteiger partial charge in [-0.3, -0.25) is 9.56 Å². The second-order valence-electron chi connectivity index (χ2n) is 4.54. The second-order valence-corrected chi connectivity index (χ2v) is 4.54. The maximum absolute atomic E-state index is 5.28. The molecule has 7 nitrogen and oxygen atoms in total. The normalized spacial score (nSPS) is 11.0. The summed E-state index contributed by atoms with van der Waals surface area (Å²) in [5.41, 5.74) is 1.08. The minimum absolute atomic E-state index is 0. The first kappa shape index (κ1) is 19.4. The van der Waals surface area contributed by atoms with Crippen molar-refractivity contribution >= 4 is 29.9 Å². The van der Waals surface area contributed by atoms with Gasteiger partial charge in [0.05, 0.1) is 6.61 Å². The van der Waals surface area contributed by atoms with E-state index in [1.807, 2.05) is 36.0 Å². The van der Waals surface area contributed by atoms with E-state index in [1.54, 1.807) is 19.6 Å². The molecule has 8 heteroatoms. The highest BCUT2D eigenvalue weighted by Crippen LogP contribution is 2.05. The Hall–Kier alpha value is -1.68. The van der Waals surface area contributed by atoms with E-state index < -0.39 is 0 Å². The fraction of sp³-hybridized carbons (Fsp3) is 0.400. The summed E-state index contributed by atoms with van der Waals surface area (Å²) >= 11 is 0. The predicted molar refractivity (Wildman–Crippen MR) is 101 cm³/mol. The molecule has 0 saturated carbocycles. The number of halogens is 1. The molecule has 0 atom stereocenters. The Balaban J connectivity index is 0.00000264. The zero-order valence-corrected chi connectivity index (χ0v) is 15.7. The standard InChI is InChI=1S/C15H22N6O.HI/c1-3-22-9-7-18-15(16-2)20-11-13-4-5-14(19-10-13)21-8-6-17-12-21;/h4-6,8,10,12H,3,7,9,11H2,1-2H3,(H2,16,18,20);1H. The van der Waals surface area contributed by atoms with Crippen molar-refractivity contribution in [1.29, 1.82) is 0 Å². The maximum atomic E-state index is 5.28. The highest BCUT2D eigenvalue weighted by molar-refractivity contribution is 14.0. The van der Waals surface area contributed by atoms with Crippen molar-refractivity contribution in [3.63, 3.8) is 0 Å². The Bertz CT molecular complexity index is 570. The first-order valence-corrected chi connectivity index (χ1v) is 7.29. The lowest BCUT2D eigenvalue weighted by molar-refractivity contribution is 0.152. The molecule has 126 valence electrons. The van der Waals surface area contributed by atoms with Crippen molar-refractivity contribution < 1.29 is 4.74 Å². The summed E-state index contributed by atoms with van der Waals surface area (Å²) in [7, 11) is 1.75. The number of guanidine groups is 1.